The molecule has 0 spiro atoms. The number of anilines is 2. The minimum atomic E-state index is 0.520. The van der Waals surface area contributed by atoms with Gasteiger partial charge < -0.3 is 10.2 Å². The first-order chi connectivity index (χ1) is 14.3. The number of rotatable bonds is 6. The highest BCUT2D eigenvalue weighted by Crippen LogP contribution is 2.24. The highest BCUT2D eigenvalue weighted by Gasteiger charge is 2.27. The predicted octanol–water partition coefficient (Wildman–Crippen LogP) is 2.06. The van der Waals surface area contributed by atoms with Gasteiger partial charge in [0.15, 0.2) is 11.6 Å². The third kappa shape index (κ3) is 3.75. The third-order valence-corrected chi connectivity index (χ3v) is 4.84. The number of nitrogens with one attached hydrogen (secondary N) is 1. The normalized spacial score (nSPS) is 13.9. The third-order valence-electron chi connectivity index (χ3n) is 4.84. The van der Waals surface area contributed by atoms with E-state index in [0.29, 0.717) is 11.7 Å². The molecule has 1 aliphatic rings. The van der Waals surface area contributed by atoms with Crippen LogP contribution in [-0.2, 0) is 0 Å². The summed E-state index contributed by atoms with van der Waals surface area (Å²) in [4.78, 5) is 15.0. The lowest BCUT2D eigenvalue weighted by molar-refractivity contribution is 0.425. The maximum atomic E-state index is 4.55. The second kappa shape index (κ2) is 7.63. The fraction of sp³-hybridized carbons (Fsp3) is 0.200. The van der Waals surface area contributed by atoms with Crippen LogP contribution in [0.3, 0.4) is 0 Å². The van der Waals surface area contributed by atoms with Crippen molar-refractivity contribution in [1.29, 1.82) is 0 Å². The van der Waals surface area contributed by atoms with E-state index in [-0.39, 0.29) is 0 Å². The summed E-state index contributed by atoms with van der Waals surface area (Å²) in [6.45, 7) is 2.70. The lowest BCUT2D eigenvalue weighted by Crippen LogP contribution is -2.50. The first-order valence-electron chi connectivity index (χ1n) is 9.40. The van der Waals surface area contributed by atoms with Gasteiger partial charge in [0.05, 0.1) is 18.1 Å². The van der Waals surface area contributed by atoms with E-state index in [4.69, 9.17) is 0 Å². The average molecular weight is 385 g/mol. The van der Waals surface area contributed by atoms with Crippen molar-refractivity contribution in [3.63, 3.8) is 0 Å². The molecule has 0 amide bonds. The van der Waals surface area contributed by atoms with Crippen molar-refractivity contribution < 1.29 is 0 Å². The predicted molar refractivity (Wildman–Crippen MR) is 109 cm³/mol. The quantitative estimate of drug-likeness (QED) is 0.539. The van der Waals surface area contributed by atoms with E-state index in [9.17, 15) is 0 Å². The zero-order valence-corrected chi connectivity index (χ0v) is 15.6. The Morgan fingerprint density at radius 1 is 0.931 bits per heavy atom. The molecule has 9 nitrogen and oxygen atoms in total. The zero-order chi connectivity index (χ0) is 19.5. The number of aromatic nitrogens is 7. The Kier molecular flexibility index (Phi) is 4.53. The summed E-state index contributed by atoms with van der Waals surface area (Å²) in [5, 5.41) is 16.3. The van der Waals surface area contributed by atoms with Gasteiger partial charge in [-0.3, -0.25) is 9.97 Å². The topological polar surface area (TPSA) is 97.5 Å². The molecular formula is C20H19N9. The van der Waals surface area contributed by atoms with E-state index < -0.39 is 0 Å². The van der Waals surface area contributed by atoms with Crippen LogP contribution in [0.25, 0.3) is 17.1 Å². The summed E-state index contributed by atoms with van der Waals surface area (Å²) in [5.74, 6) is 2.86. The molecule has 5 rings (SSSR count). The number of pyridine rings is 1. The fourth-order valence-electron chi connectivity index (χ4n) is 3.26. The SMILES string of the molecule is c1cnn(-c2cncc(NCC3CN(c4ccc(-c5ccncc5)nn4)C3)n2)c1. The minimum absolute atomic E-state index is 0.520. The molecule has 4 aromatic rings. The Labute approximate surface area is 167 Å². The van der Waals surface area contributed by atoms with E-state index >= 15 is 0 Å². The lowest BCUT2D eigenvalue weighted by Gasteiger charge is -2.40. The number of nitrogens with zero attached hydrogens (tertiary/aromatic N) is 8. The molecule has 29 heavy (non-hydrogen) atoms. The van der Waals surface area contributed by atoms with Gasteiger partial charge in [0, 0.05) is 55.9 Å². The number of hydrogen-bond acceptors (Lipinski definition) is 8. The van der Waals surface area contributed by atoms with Crippen molar-refractivity contribution in [2.24, 2.45) is 5.92 Å². The maximum Gasteiger partial charge on any atom is 0.173 e. The summed E-state index contributed by atoms with van der Waals surface area (Å²) in [5.41, 5.74) is 1.87. The molecule has 1 N–H and O–H groups in total. The average Bonchev–Trinajstić information content (AvgIpc) is 3.29. The van der Waals surface area contributed by atoms with Crippen LogP contribution in [0.5, 0.6) is 0 Å². The van der Waals surface area contributed by atoms with Crippen molar-refractivity contribution in [1.82, 2.24) is 34.9 Å². The Morgan fingerprint density at radius 2 is 1.83 bits per heavy atom. The van der Waals surface area contributed by atoms with E-state index in [1.165, 1.54) is 0 Å². The first-order valence-corrected chi connectivity index (χ1v) is 9.40. The molecule has 9 heteroatoms. The zero-order valence-electron chi connectivity index (χ0n) is 15.6. The van der Waals surface area contributed by atoms with Crippen molar-refractivity contribution in [2.75, 3.05) is 29.9 Å². The molecule has 144 valence electrons. The van der Waals surface area contributed by atoms with Crippen molar-refractivity contribution in [3.05, 3.63) is 67.5 Å². The van der Waals surface area contributed by atoms with Crippen LogP contribution in [0.2, 0.25) is 0 Å². The van der Waals surface area contributed by atoms with E-state index in [2.05, 4.69) is 40.5 Å². The summed E-state index contributed by atoms with van der Waals surface area (Å²) in [6.07, 6.45) is 10.5. The second-order valence-corrected chi connectivity index (χ2v) is 6.88. The van der Waals surface area contributed by atoms with Gasteiger partial charge in [-0.05, 0) is 30.3 Å². The van der Waals surface area contributed by atoms with Gasteiger partial charge in [-0.2, -0.15) is 5.10 Å². The van der Waals surface area contributed by atoms with Crippen LogP contribution in [-0.4, -0.2) is 54.6 Å². The monoisotopic (exact) mass is 385 g/mol. The number of hydrogen-bond donors (Lipinski definition) is 1. The molecule has 0 bridgehead atoms. The van der Waals surface area contributed by atoms with E-state index in [1.54, 1.807) is 35.7 Å². The van der Waals surface area contributed by atoms with Crippen molar-refractivity contribution >= 4 is 11.6 Å². The summed E-state index contributed by atoms with van der Waals surface area (Å²) in [7, 11) is 0. The van der Waals surface area contributed by atoms with Gasteiger partial charge in [0.25, 0.3) is 0 Å². The van der Waals surface area contributed by atoms with Gasteiger partial charge in [-0.15, -0.1) is 10.2 Å². The maximum absolute atomic E-state index is 4.55. The molecule has 5 heterocycles. The molecule has 0 saturated carbocycles. The summed E-state index contributed by atoms with van der Waals surface area (Å²) < 4.78 is 1.69. The van der Waals surface area contributed by atoms with Crippen molar-refractivity contribution in [3.8, 4) is 17.1 Å². The molecule has 1 saturated heterocycles. The molecule has 1 fully saturated rings. The van der Waals surface area contributed by atoms with Crippen LogP contribution >= 0.6 is 0 Å². The van der Waals surface area contributed by atoms with Crippen LogP contribution < -0.4 is 10.2 Å². The highest BCUT2D eigenvalue weighted by molar-refractivity contribution is 5.59. The van der Waals surface area contributed by atoms with E-state index in [0.717, 1.165) is 42.5 Å². The molecule has 0 unspecified atom stereocenters. The Morgan fingerprint density at radius 3 is 2.59 bits per heavy atom. The van der Waals surface area contributed by atoms with Gasteiger partial charge in [-0.1, -0.05) is 0 Å². The van der Waals surface area contributed by atoms with Crippen molar-refractivity contribution in [2.45, 2.75) is 0 Å². The molecule has 0 aliphatic carbocycles. The van der Waals surface area contributed by atoms with Crippen LogP contribution in [0, 0.1) is 5.92 Å². The van der Waals surface area contributed by atoms with Crippen LogP contribution in [0.1, 0.15) is 0 Å². The van der Waals surface area contributed by atoms with Gasteiger partial charge in [-0.25, -0.2) is 9.67 Å². The van der Waals surface area contributed by atoms with Crippen LogP contribution in [0.4, 0.5) is 11.6 Å². The molecule has 0 aromatic carbocycles. The standard InChI is InChI=1S/C20H19N9/c1-6-24-29(9-1)20-12-22-11-18(25-20)23-10-15-13-28(14-15)19-3-2-17(26-27-19)16-4-7-21-8-5-16/h1-9,11-12,15H,10,13-14H2,(H,23,25). The summed E-state index contributed by atoms with van der Waals surface area (Å²) >= 11 is 0. The molecule has 0 atom stereocenters. The molecule has 0 radical (unpaired) electrons. The first kappa shape index (κ1) is 17.2. The van der Waals surface area contributed by atoms with E-state index in [1.807, 2.05) is 36.5 Å². The summed E-state index contributed by atoms with van der Waals surface area (Å²) in [6, 6.07) is 9.74. The smallest absolute Gasteiger partial charge is 0.173 e. The van der Waals surface area contributed by atoms with Gasteiger partial charge in [0.1, 0.15) is 5.82 Å². The highest BCUT2D eigenvalue weighted by atomic mass is 15.3. The minimum Gasteiger partial charge on any atom is -0.368 e. The molecular weight excluding hydrogens is 366 g/mol. The molecule has 1 aliphatic heterocycles. The van der Waals surface area contributed by atoms with Gasteiger partial charge in [0.2, 0.25) is 0 Å². The Bertz CT molecular complexity index is 1060. The van der Waals surface area contributed by atoms with Crippen LogP contribution in [0.15, 0.2) is 67.5 Å². The second-order valence-electron chi connectivity index (χ2n) is 6.88. The fourth-order valence-corrected chi connectivity index (χ4v) is 3.26. The largest absolute Gasteiger partial charge is 0.368 e. The lowest BCUT2D eigenvalue weighted by atomic mass is 10.0. The Hall–Kier alpha value is -3.88. The molecule has 4 aromatic heterocycles. The van der Waals surface area contributed by atoms with Gasteiger partial charge >= 0.3 is 0 Å². The Balaban J connectivity index is 1.14.